The third-order valence-electron chi connectivity index (χ3n) is 5.81. The number of benzene rings is 1. The summed E-state index contributed by atoms with van der Waals surface area (Å²) in [4.78, 5) is 17.9. The second kappa shape index (κ2) is 8.60. The molecule has 0 atom stereocenters. The Morgan fingerprint density at radius 2 is 1.88 bits per heavy atom. The Kier molecular flexibility index (Phi) is 5.91. The fraction of sp³-hybridized carbons (Fsp3) is 0.364. The highest BCUT2D eigenvalue weighted by Crippen LogP contribution is 2.31. The zero-order chi connectivity index (χ0) is 23.3. The lowest BCUT2D eigenvalue weighted by atomic mass is 10.1. The molecule has 0 fully saturated rings. The van der Waals surface area contributed by atoms with Crippen LogP contribution in [-0.2, 0) is 25.1 Å². The van der Waals surface area contributed by atoms with Crippen LogP contribution in [0.1, 0.15) is 5.56 Å². The molecule has 4 aromatic heterocycles. The minimum atomic E-state index is -1.12. The summed E-state index contributed by atoms with van der Waals surface area (Å²) in [7, 11) is 0.765. The van der Waals surface area contributed by atoms with Crippen LogP contribution in [-0.4, -0.2) is 43.8 Å². The van der Waals surface area contributed by atoms with E-state index in [-0.39, 0.29) is 5.56 Å². The van der Waals surface area contributed by atoms with E-state index in [2.05, 4.69) is 57.4 Å². The minimum Gasteiger partial charge on any atom is -0.360 e. The molecule has 1 aromatic carbocycles. The van der Waals surface area contributed by atoms with Crippen LogP contribution in [0.3, 0.4) is 0 Å². The average molecular weight is 593 g/mol. The summed E-state index contributed by atoms with van der Waals surface area (Å²) in [6.45, 7) is 8.57. The maximum Gasteiger partial charge on any atom is 0.291 e. The fourth-order valence-corrected chi connectivity index (χ4v) is 6.45. The molecular formula is C22H25IN6O2SSi. The first-order valence-electron chi connectivity index (χ1n) is 10.7. The molecule has 0 aliphatic heterocycles. The van der Waals surface area contributed by atoms with E-state index in [1.54, 1.807) is 17.5 Å². The number of nitrogens with zero attached hydrogens (tertiary/aromatic N) is 6. The Labute approximate surface area is 209 Å². The largest absolute Gasteiger partial charge is 0.360 e. The zero-order valence-corrected chi connectivity index (χ0v) is 23.0. The lowest BCUT2D eigenvalue weighted by Gasteiger charge is -2.15. The predicted molar refractivity (Wildman–Crippen MR) is 144 cm³/mol. The third-order valence-corrected chi connectivity index (χ3v) is 9.28. The Morgan fingerprint density at radius 3 is 2.67 bits per heavy atom. The molecule has 0 saturated carbocycles. The number of hydrogen-bond donors (Lipinski definition) is 0. The first kappa shape index (κ1) is 22.7. The van der Waals surface area contributed by atoms with Crippen molar-refractivity contribution < 1.29 is 4.74 Å². The molecule has 172 valence electrons. The van der Waals surface area contributed by atoms with E-state index in [1.807, 2.05) is 40.7 Å². The minimum absolute atomic E-state index is 0.116. The van der Waals surface area contributed by atoms with Gasteiger partial charge in [0, 0.05) is 32.5 Å². The van der Waals surface area contributed by atoms with E-state index in [4.69, 9.17) is 4.74 Å². The molecule has 0 saturated heterocycles. The summed E-state index contributed by atoms with van der Waals surface area (Å²) in [6.07, 6.45) is 3.63. The number of aryl methyl sites for hydroxylation is 1. The summed E-state index contributed by atoms with van der Waals surface area (Å²) in [6, 6.07) is 7.17. The van der Waals surface area contributed by atoms with Gasteiger partial charge in [0.15, 0.2) is 8.66 Å². The van der Waals surface area contributed by atoms with Gasteiger partial charge < -0.3 is 9.30 Å². The van der Waals surface area contributed by atoms with Crippen LogP contribution in [0.2, 0.25) is 25.7 Å². The zero-order valence-electron chi connectivity index (χ0n) is 19.0. The van der Waals surface area contributed by atoms with Crippen LogP contribution in [0.5, 0.6) is 0 Å². The first-order valence-corrected chi connectivity index (χ1v) is 16.3. The van der Waals surface area contributed by atoms with Gasteiger partial charge >= 0.3 is 0 Å². The van der Waals surface area contributed by atoms with E-state index in [9.17, 15) is 4.79 Å². The smallest absolute Gasteiger partial charge is 0.291 e. The van der Waals surface area contributed by atoms with Crippen LogP contribution in [0.25, 0.3) is 32.2 Å². The summed E-state index contributed by atoms with van der Waals surface area (Å²) < 4.78 is 13.1. The summed E-state index contributed by atoms with van der Waals surface area (Å²) in [5, 5.41) is 10.9. The van der Waals surface area contributed by atoms with E-state index in [0.29, 0.717) is 18.8 Å². The van der Waals surface area contributed by atoms with Crippen LogP contribution in [0.15, 0.2) is 35.4 Å². The van der Waals surface area contributed by atoms with Gasteiger partial charge in [-0.3, -0.25) is 4.79 Å². The Hall–Kier alpha value is -2.09. The van der Waals surface area contributed by atoms with Gasteiger partial charge in [-0.25, -0.2) is 14.3 Å². The highest BCUT2D eigenvalue weighted by atomic mass is 127. The Bertz CT molecular complexity index is 1540. The maximum atomic E-state index is 13.3. The number of fused-ring (bicyclic) bond motifs is 4. The van der Waals surface area contributed by atoms with E-state index < -0.39 is 8.07 Å². The molecule has 33 heavy (non-hydrogen) atoms. The van der Waals surface area contributed by atoms with Crippen LogP contribution in [0, 0.1) is 3.01 Å². The van der Waals surface area contributed by atoms with Crippen LogP contribution >= 0.6 is 33.9 Å². The molecule has 0 radical (unpaired) electrons. The lowest BCUT2D eigenvalue weighted by Crippen LogP contribution is -2.24. The normalized spacial score (nSPS) is 12.5. The van der Waals surface area contributed by atoms with E-state index >= 15 is 0 Å². The van der Waals surface area contributed by atoms with Crippen molar-refractivity contribution >= 4 is 74.2 Å². The Balaban J connectivity index is 1.44. The number of halogens is 1. The van der Waals surface area contributed by atoms with Gasteiger partial charge in [-0.2, -0.15) is 10.2 Å². The summed E-state index contributed by atoms with van der Waals surface area (Å²) in [5.74, 6) is 0. The van der Waals surface area contributed by atoms with Gasteiger partial charge in [-0.1, -0.05) is 31.8 Å². The molecule has 4 heterocycles. The van der Waals surface area contributed by atoms with Crippen molar-refractivity contribution in [1.82, 2.24) is 29.1 Å². The number of hydrogen-bond acceptors (Lipinski definition) is 6. The van der Waals surface area contributed by atoms with Crippen molar-refractivity contribution in [3.8, 4) is 0 Å². The average Bonchev–Trinajstić information content (AvgIpc) is 3.41. The van der Waals surface area contributed by atoms with Gasteiger partial charge in [0.25, 0.3) is 5.56 Å². The van der Waals surface area contributed by atoms with Gasteiger partial charge in [0.1, 0.15) is 12.2 Å². The number of aromatic nitrogens is 6. The van der Waals surface area contributed by atoms with Gasteiger partial charge in [0.2, 0.25) is 0 Å². The SMILES string of the molecule is Cn1c2nc(I)sc2c2cnn(Cc3cccc4c3cnn4COCC[Si](C)(C)C)c(=O)c21. The fourth-order valence-electron chi connectivity index (χ4n) is 3.97. The molecule has 0 aliphatic carbocycles. The molecule has 0 aliphatic rings. The van der Waals surface area contributed by atoms with Crippen molar-refractivity contribution in [3.05, 3.63) is 49.5 Å². The van der Waals surface area contributed by atoms with E-state index in [0.717, 1.165) is 47.9 Å². The van der Waals surface area contributed by atoms with E-state index in [1.165, 1.54) is 4.68 Å². The third kappa shape index (κ3) is 4.26. The molecule has 0 spiro atoms. The second-order valence-electron chi connectivity index (χ2n) is 9.39. The molecule has 0 N–H and O–H groups in total. The Morgan fingerprint density at radius 1 is 1.12 bits per heavy atom. The molecule has 0 bridgehead atoms. The van der Waals surface area contributed by atoms with Crippen molar-refractivity contribution in [2.24, 2.45) is 7.05 Å². The van der Waals surface area contributed by atoms with Crippen molar-refractivity contribution in [2.45, 2.75) is 39.0 Å². The number of rotatable bonds is 7. The van der Waals surface area contributed by atoms with Gasteiger partial charge in [-0.05, 0) is 40.3 Å². The van der Waals surface area contributed by atoms with Crippen molar-refractivity contribution in [1.29, 1.82) is 0 Å². The summed E-state index contributed by atoms with van der Waals surface area (Å²) in [5.41, 5.74) is 3.34. The maximum absolute atomic E-state index is 13.3. The topological polar surface area (TPSA) is 79.8 Å². The predicted octanol–water partition coefficient (Wildman–Crippen LogP) is 4.66. The monoisotopic (exact) mass is 592 g/mol. The van der Waals surface area contributed by atoms with Crippen LogP contribution in [0.4, 0.5) is 0 Å². The van der Waals surface area contributed by atoms with Gasteiger partial charge in [-0.15, -0.1) is 11.3 Å². The molecule has 5 rings (SSSR count). The van der Waals surface area contributed by atoms with Crippen molar-refractivity contribution in [3.63, 3.8) is 0 Å². The number of thiazole rings is 1. The summed E-state index contributed by atoms with van der Waals surface area (Å²) >= 11 is 3.79. The second-order valence-corrected chi connectivity index (χ2v) is 17.8. The molecule has 11 heteroatoms. The highest BCUT2D eigenvalue weighted by molar-refractivity contribution is 14.1. The van der Waals surface area contributed by atoms with Crippen LogP contribution < -0.4 is 5.56 Å². The molecule has 0 unspecified atom stereocenters. The first-order chi connectivity index (χ1) is 15.7. The molecule has 0 amide bonds. The quantitative estimate of drug-likeness (QED) is 0.156. The highest BCUT2D eigenvalue weighted by Gasteiger charge is 2.18. The molecule has 5 aromatic rings. The number of ether oxygens (including phenoxy) is 1. The molecule has 8 nitrogen and oxygen atoms in total. The molecular weight excluding hydrogens is 567 g/mol. The standard InChI is InChI=1S/C22H25IN6O2SSi/c1-27-18-16(19-20(27)26-22(23)32-19)11-24-28(21(18)30)12-14-6-5-7-17-15(14)10-25-29(17)13-31-8-9-33(2,3)4/h5-7,10-11H,8-9,12-13H2,1-4H3. The van der Waals surface area contributed by atoms with Crippen molar-refractivity contribution in [2.75, 3.05) is 6.61 Å². The lowest BCUT2D eigenvalue weighted by molar-refractivity contribution is 0.0817. The van der Waals surface area contributed by atoms with Gasteiger partial charge in [0.05, 0.1) is 29.2 Å².